The first-order valence-electron chi connectivity index (χ1n) is 1.11. The molecular formula is C2H2Gd4O4. The Morgan fingerprint density at radius 1 is 0.700 bits per heavy atom. The Balaban J connectivity index is -0.0000000208. The molecule has 2 N–H and O–H groups in total. The molecule has 0 rings (SSSR count). The van der Waals surface area contributed by atoms with Crippen molar-refractivity contribution in [3.8, 4) is 0 Å². The van der Waals surface area contributed by atoms with E-state index in [-0.39, 0.29) is 160 Å². The van der Waals surface area contributed by atoms with Gasteiger partial charge in [-0.2, -0.15) is 0 Å². The Morgan fingerprint density at radius 2 is 0.800 bits per heavy atom. The summed E-state index contributed by atoms with van der Waals surface area (Å²) in [6.07, 6.45) is 0. The Kier molecular flexibility index (Phi) is 55.3. The van der Waals surface area contributed by atoms with Crippen molar-refractivity contribution < 1.29 is 180 Å². The van der Waals surface area contributed by atoms with E-state index in [2.05, 4.69) is 0 Å². The van der Waals surface area contributed by atoms with Crippen LogP contribution in [0, 0.1) is 160 Å². The smallest absolute Gasteiger partial charge is 0.414 e. The molecule has 0 atom stereocenters. The molecule has 0 bridgehead atoms. The van der Waals surface area contributed by atoms with Crippen LogP contribution in [-0.2, 0) is 9.59 Å². The Hall–Kier alpha value is 4.24. The second kappa shape index (κ2) is 18.9. The number of rotatable bonds is 0. The van der Waals surface area contributed by atoms with Crippen molar-refractivity contribution in [1.82, 2.24) is 0 Å². The van der Waals surface area contributed by atoms with Crippen molar-refractivity contribution >= 4 is 11.9 Å². The maximum atomic E-state index is 9.10. The van der Waals surface area contributed by atoms with Gasteiger partial charge in [0.1, 0.15) is 0 Å². The molecule has 0 saturated carbocycles. The van der Waals surface area contributed by atoms with Gasteiger partial charge >= 0.3 is 11.9 Å². The van der Waals surface area contributed by atoms with E-state index in [4.69, 9.17) is 19.8 Å². The Labute approximate surface area is 186 Å². The van der Waals surface area contributed by atoms with Gasteiger partial charge in [0.05, 0.1) is 0 Å². The molecule has 0 amide bonds. The van der Waals surface area contributed by atoms with Crippen molar-refractivity contribution in [3.05, 3.63) is 0 Å². The molecule has 0 spiro atoms. The van der Waals surface area contributed by atoms with Crippen LogP contribution < -0.4 is 0 Å². The summed E-state index contributed by atoms with van der Waals surface area (Å²) in [4.78, 5) is 18.2. The van der Waals surface area contributed by atoms with Crippen LogP contribution in [0.15, 0.2) is 0 Å². The SMILES string of the molecule is O=C(O)C(=O)O.[Gd].[Gd].[Gd].[Gd]. The summed E-state index contributed by atoms with van der Waals surface area (Å²) in [5.74, 6) is -3.65. The van der Waals surface area contributed by atoms with Gasteiger partial charge in [0, 0.05) is 160 Å². The zero-order valence-electron chi connectivity index (χ0n) is 4.13. The van der Waals surface area contributed by atoms with Crippen molar-refractivity contribution in [3.63, 3.8) is 0 Å². The summed E-state index contributed by atoms with van der Waals surface area (Å²) in [7, 11) is 0. The molecule has 0 heterocycles. The molecule has 0 aliphatic rings. The van der Waals surface area contributed by atoms with Crippen molar-refractivity contribution in [1.29, 1.82) is 0 Å². The van der Waals surface area contributed by atoms with Gasteiger partial charge in [-0.05, 0) is 0 Å². The Morgan fingerprint density at radius 3 is 0.800 bits per heavy atom. The van der Waals surface area contributed by atoms with Gasteiger partial charge in [-0.3, -0.25) is 0 Å². The minimum atomic E-state index is -1.82. The third-order valence-corrected chi connectivity index (χ3v) is 0.183. The molecule has 0 radical (unpaired) electrons. The summed E-state index contributed by atoms with van der Waals surface area (Å²) >= 11 is 0. The van der Waals surface area contributed by atoms with Crippen LogP contribution in [0.4, 0.5) is 0 Å². The van der Waals surface area contributed by atoms with E-state index in [1.807, 2.05) is 0 Å². The maximum Gasteiger partial charge on any atom is 0.414 e. The molecule has 0 aromatic heterocycles. The number of carbonyl (C=O) groups is 2. The van der Waals surface area contributed by atoms with Crippen LogP contribution in [0.1, 0.15) is 0 Å². The molecule has 8 heteroatoms. The van der Waals surface area contributed by atoms with Crippen LogP contribution in [0.3, 0.4) is 0 Å². The normalized spacial score (nSPS) is 4.40. The van der Waals surface area contributed by atoms with E-state index < -0.39 is 11.9 Å². The standard InChI is InChI=1S/C2H2O4.4Gd/c3-1(4)2(5)6;;;;/h(H,3,4)(H,5,6);;;;. The predicted molar refractivity (Wildman–Crippen MR) is 15.3 cm³/mol. The monoisotopic (exact) mass is 722 g/mol. The van der Waals surface area contributed by atoms with E-state index >= 15 is 0 Å². The summed E-state index contributed by atoms with van der Waals surface area (Å²) in [6, 6.07) is 0. The van der Waals surface area contributed by atoms with E-state index in [1.54, 1.807) is 0 Å². The first kappa shape index (κ1) is 29.2. The second-order valence-electron chi connectivity index (χ2n) is 0.610. The topological polar surface area (TPSA) is 74.6 Å². The molecule has 10 heavy (non-hydrogen) atoms. The molecule has 0 fully saturated rings. The minimum Gasteiger partial charge on any atom is -0.473 e. The fourth-order valence-corrected chi connectivity index (χ4v) is 0. The molecular weight excluding hydrogens is 717 g/mol. The van der Waals surface area contributed by atoms with E-state index in [1.165, 1.54) is 0 Å². The van der Waals surface area contributed by atoms with Gasteiger partial charge in [-0.15, -0.1) is 0 Å². The molecule has 0 saturated heterocycles. The quantitative estimate of drug-likeness (QED) is 0.321. The first-order chi connectivity index (χ1) is 2.64. The van der Waals surface area contributed by atoms with Crippen LogP contribution in [0.5, 0.6) is 0 Å². The number of carboxylic acids is 2. The van der Waals surface area contributed by atoms with Gasteiger partial charge in [0.15, 0.2) is 0 Å². The molecule has 0 unspecified atom stereocenters. The van der Waals surface area contributed by atoms with Gasteiger partial charge in [0.25, 0.3) is 0 Å². The van der Waals surface area contributed by atoms with E-state index in [0.717, 1.165) is 0 Å². The predicted octanol–water partition coefficient (Wildman–Crippen LogP) is -0.844. The van der Waals surface area contributed by atoms with Crippen molar-refractivity contribution in [2.24, 2.45) is 0 Å². The van der Waals surface area contributed by atoms with Crippen LogP contribution in [0.2, 0.25) is 0 Å². The first-order valence-corrected chi connectivity index (χ1v) is 1.11. The summed E-state index contributed by atoms with van der Waals surface area (Å²) < 4.78 is 0. The van der Waals surface area contributed by atoms with E-state index in [0.29, 0.717) is 0 Å². The number of hydrogen-bond acceptors (Lipinski definition) is 2. The maximum absolute atomic E-state index is 9.10. The molecule has 4 nitrogen and oxygen atoms in total. The molecule has 0 aliphatic carbocycles. The zero-order valence-corrected chi connectivity index (χ0v) is 13.2. The van der Waals surface area contributed by atoms with Gasteiger partial charge in [0.2, 0.25) is 0 Å². The van der Waals surface area contributed by atoms with Gasteiger partial charge in [-0.25, -0.2) is 9.59 Å². The average molecular weight is 719 g/mol. The fraction of sp³-hybridized carbons (Fsp3) is 0. The van der Waals surface area contributed by atoms with Gasteiger partial charge < -0.3 is 10.2 Å². The fourth-order valence-electron chi connectivity index (χ4n) is 0. The molecule has 0 aromatic carbocycles. The average Bonchev–Trinajstić information content (AvgIpc) is 1.36. The Bertz CT molecular complexity index is 81.3. The van der Waals surface area contributed by atoms with E-state index in [9.17, 15) is 0 Å². The molecule has 0 aliphatic heterocycles. The largest absolute Gasteiger partial charge is 0.473 e. The van der Waals surface area contributed by atoms with Crippen LogP contribution in [-0.4, -0.2) is 22.2 Å². The third-order valence-electron chi connectivity index (χ3n) is 0.183. The summed E-state index contributed by atoms with van der Waals surface area (Å²) in [5.41, 5.74) is 0. The van der Waals surface area contributed by atoms with Crippen molar-refractivity contribution in [2.45, 2.75) is 0 Å². The van der Waals surface area contributed by atoms with Crippen LogP contribution >= 0.6 is 0 Å². The zero-order chi connectivity index (χ0) is 5.15. The minimum absolute atomic E-state index is 0. The summed E-state index contributed by atoms with van der Waals surface area (Å²) in [6.45, 7) is 0. The number of carboxylic acid groups (broad SMARTS) is 2. The molecule has 0 aromatic rings. The van der Waals surface area contributed by atoms with Crippen LogP contribution in [0.25, 0.3) is 0 Å². The number of aliphatic carboxylic acids is 2. The molecule has 66 valence electrons. The number of hydrogen-bond donors (Lipinski definition) is 2. The second-order valence-corrected chi connectivity index (χ2v) is 0.610. The van der Waals surface area contributed by atoms with Crippen molar-refractivity contribution in [2.75, 3.05) is 0 Å². The third kappa shape index (κ3) is 22.8. The van der Waals surface area contributed by atoms with Gasteiger partial charge in [-0.1, -0.05) is 0 Å². The summed E-state index contributed by atoms with van der Waals surface area (Å²) in [5, 5.41) is 14.8.